The van der Waals surface area contributed by atoms with E-state index in [1.165, 1.54) is 22.8 Å². The third kappa shape index (κ3) is 3.34. The van der Waals surface area contributed by atoms with Crippen LogP contribution in [0.25, 0.3) is 22.2 Å². The van der Waals surface area contributed by atoms with Gasteiger partial charge in [-0.05, 0) is 37.6 Å². The maximum atomic E-state index is 12.7. The average Bonchev–Trinajstić information content (AvgIpc) is 3.35. The van der Waals surface area contributed by atoms with Gasteiger partial charge in [0.15, 0.2) is 0 Å². The molecule has 0 amide bonds. The first-order valence-electron chi connectivity index (χ1n) is 9.50. The molecule has 30 heavy (non-hydrogen) atoms. The molecule has 0 aliphatic heterocycles. The number of carboxylic acids is 1. The van der Waals surface area contributed by atoms with E-state index in [-0.39, 0.29) is 22.9 Å². The molecule has 0 fully saturated rings. The first kappa shape index (κ1) is 19.4. The Labute approximate surface area is 170 Å². The summed E-state index contributed by atoms with van der Waals surface area (Å²) in [5.74, 6) is -1.05. The van der Waals surface area contributed by atoms with Crippen molar-refractivity contribution in [3.8, 4) is 11.1 Å². The summed E-state index contributed by atoms with van der Waals surface area (Å²) in [5.41, 5.74) is 2.74. The number of nitrogens with zero attached hydrogens (tertiary/aromatic N) is 4. The van der Waals surface area contributed by atoms with Crippen molar-refractivity contribution in [2.45, 2.75) is 25.9 Å². The van der Waals surface area contributed by atoms with Gasteiger partial charge in [0.1, 0.15) is 0 Å². The molecule has 0 bridgehead atoms. The third-order valence-corrected chi connectivity index (χ3v) is 5.41. The van der Waals surface area contributed by atoms with Gasteiger partial charge in [-0.1, -0.05) is 0 Å². The SMILES string of the molecule is CC(CCn1c(=O)n(C)c2ccc(C(=O)O)cc21)n1cc(-c2cn[nH]c2)ccc1=O. The largest absolute Gasteiger partial charge is 0.478 e. The van der Waals surface area contributed by atoms with Crippen molar-refractivity contribution in [1.29, 1.82) is 0 Å². The highest BCUT2D eigenvalue weighted by Crippen LogP contribution is 2.20. The zero-order chi connectivity index (χ0) is 21.4. The van der Waals surface area contributed by atoms with Crippen LogP contribution in [-0.4, -0.2) is 35.0 Å². The number of carbonyl (C=O) groups is 1. The smallest absolute Gasteiger partial charge is 0.335 e. The fraction of sp³-hybridized carbons (Fsp3) is 0.238. The second-order valence-electron chi connectivity index (χ2n) is 7.29. The summed E-state index contributed by atoms with van der Waals surface area (Å²) in [6.45, 7) is 2.27. The molecule has 4 aromatic rings. The van der Waals surface area contributed by atoms with Gasteiger partial charge < -0.3 is 9.67 Å². The van der Waals surface area contributed by atoms with Gasteiger partial charge in [0, 0.05) is 49.2 Å². The van der Waals surface area contributed by atoms with Crippen LogP contribution >= 0.6 is 0 Å². The normalized spacial score (nSPS) is 12.3. The van der Waals surface area contributed by atoms with E-state index in [9.17, 15) is 19.5 Å². The van der Waals surface area contributed by atoms with E-state index in [2.05, 4.69) is 10.2 Å². The van der Waals surface area contributed by atoms with Crippen molar-refractivity contribution in [2.24, 2.45) is 7.05 Å². The van der Waals surface area contributed by atoms with Crippen molar-refractivity contribution >= 4 is 17.0 Å². The topological polar surface area (TPSA) is 115 Å². The van der Waals surface area contributed by atoms with Gasteiger partial charge in [0.25, 0.3) is 5.56 Å². The van der Waals surface area contributed by atoms with Crippen LogP contribution in [-0.2, 0) is 13.6 Å². The first-order valence-corrected chi connectivity index (χ1v) is 9.50. The van der Waals surface area contributed by atoms with Crippen LogP contribution in [0.3, 0.4) is 0 Å². The number of aryl methyl sites for hydroxylation is 2. The molecule has 4 rings (SSSR count). The number of imidazole rings is 1. The highest BCUT2D eigenvalue weighted by atomic mass is 16.4. The predicted octanol–water partition coefficient (Wildman–Crippen LogP) is 2.24. The van der Waals surface area contributed by atoms with Gasteiger partial charge in [0.2, 0.25) is 0 Å². The van der Waals surface area contributed by atoms with Crippen molar-refractivity contribution in [3.05, 3.63) is 75.3 Å². The van der Waals surface area contributed by atoms with E-state index < -0.39 is 5.97 Å². The minimum atomic E-state index is -1.05. The van der Waals surface area contributed by atoms with Crippen LogP contribution < -0.4 is 11.2 Å². The molecule has 2 N–H and O–H groups in total. The summed E-state index contributed by atoms with van der Waals surface area (Å²) in [6, 6.07) is 7.72. The minimum absolute atomic E-state index is 0.124. The average molecular weight is 407 g/mol. The Balaban J connectivity index is 1.65. The zero-order valence-corrected chi connectivity index (χ0v) is 16.6. The lowest BCUT2D eigenvalue weighted by Crippen LogP contribution is -2.26. The van der Waals surface area contributed by atoms with Crippen LogP contribution in [0.15, 0.2) is 58.5 Å². The number of hydrogen-bond donors (Lipinski definition) is 2. The van der Waals surface area contributed by atoms with Crippen molar-refractivity contribution < 1.29 is 9.90 Å². The maximum absolute atomic E-state index is 12.7. The Hall–Kier alpha value is -3.88. The van der Waals surface area contributed by atoms with Gasteiger partial charge >= 0.3 is 11.7 Å². The van der Waals surface area contributed by atoms with E-state index in [1.807, 2.05) is 6.92 Å². The summed E-state index contributed by atoms with van der Waals surface area (Å²) in [4.78, 5) is 36.4. The second-order valence-corrected chi connectivity index (χ2v) is 7.29. The molecule has 3 heterocycles. The number of aromatic nitrogens is 5. The van der Waals surface area contributed by atoms with Crippen LogP contribution in [0, 0.1) is 0 Å². The van der Waals surface area contributed by atoms with Crippen molar-refractivity contribution in [2.75, 3.05) is 0 Å². The Morgan fingerprint density at radius 1 is 1.17 bits per heavy atom. The monoisotopic (exact) mass is 407 g/mol. The van der Waals surface area contributed by atoms with Gasteiger partial charge in [-0.2, -0.15) is 5.10 Å². The highest BCUT2D eigenvalue weighted by molar-refractivity contribution is 5.92. The molecule has 1 atom stereocenters. The fourth-order valence-corrected chi connectivity index (χ4v) is 3.64. The number of aromatic amines is 1. The Morgan fingerprint density at radius 3 is 2.67 bits per heavy atom. The zero-order valence-electron chi connectivity index (χ0n) is 16.6. The number of rotatable bonds is 6. The number of fused-ring (bicyclic) bond motifs is 1. The van der Waals surface area contributed by atoms with Crippen molar-refractivity contribution in [3.63, 3.8) is 0 Å². The van der Waals surface area contributed by atoms with Gasteiger partial charge in [-0.3, -0.25) is 19.0 Å². The second kappa shape index (κ2) is 7.51. The molecular weight excluding hydrogens is 386 g/mol. The van der Waals surface area contributed by atoms with Crippen LogP contribution in [0.1, 0.15) is 29.7 Å². The van der Waals surface area contributed by atoms with Crippen LogP contribution in [0.5, 0.6) is 0 Å². The summed E-state index contributed by atoms with van der Waals surface area (Å²) >= 11 is 0. The predicted molar refractivity (Wildman–Crippen MR) is 112 cm³/mol. The maximum Gasteiger partial charge on any atom is 0.335 e. The molecule has 3 aromatic heterocycles. The van der Waals surface area contributed by atoms with Crippen LogP contribution in [0.2, 0.25) is 0 Å². The molecule has 0 aliphatic rings. The highest BCUT2D eigenvalue weighted by Gasteiger charge is 2.15. The van der Waals surface area contributed by atoms with E-state index >= 15 is 0 Å². The quantitative estimate of drug-likeness (QED) is 0.509. The van der Waals surface area contributed by atoms with E-state index in [0.717, 1.165) is 11.1 Å². The van der Waals surface area contributed by atoms with E-state index in [0.29, 0.717) is 24.0 Å². The molecule has 154 valence electrons. The Kier molecular flexibility index (Phi) is 4.86. The summed E-state index contributed by atoms with van der Waals surface area (Å²) in [6.07, 6.45) is 5.74. The summed E-state index contributed by atoms with van der Waals surface area (Å²) in [7, 11) is 1.66. The number of pyridine rings is 1. The number of H-pyrrole nitrogens is 1. The molecule has 0 aliphatic carbocycles. The Morgan fingerprint density at radius 2 is 1.97 bits per heavy atom. The number of benzene rings is 1. The minimum Gasteiger partial charge on any atom is -0.478 e. The van der Waals surface area contributed by atoms with Gasteiger partial charge in [0.05, 0.1) is 22.8 Å². The molecule has 1 unspecified atom stereocenters. The fourth-order valence-electron chi connectivity index (χ4n) is 3.64. The molecular formula is C21H21N5O4. The molecule has 0 saturated carbocycles. The molecule has 9 nitrogen and oxygen atoms in total. The molecule has 9 heteroatoms. The third-order valence-electron chi connectivity index (χ3n) is 5.41. The summed E-state index contributed by atoms with van der Waals surface area (Å²) in [5, 5.41) is 16.0. The molecule has 0 spiro atoms. The van der Waals surface area contributed by atoms with Gasteiger partial charge in [-0.25, -0.2) is 9.59 Å². The lowest BCUT2D eigenvalue weighted by molar-refractivity contribution is 0.0697. The van der Waals surface area contributed by atoms with E-state index in [4.69, 9.17) is 0 Å². The Bertz CT molecular complexity index is 1340. The number of carboxylic acid groups (broad SMARTS) is 1. The summed E-state index contributed by atoms with van der Waals surface area (Å²) < 4.78 is 4.70. The lowest BCUT2D eigenvalue weighted by Gasteiger charge is -2.16. The van der Waals surface area contributed by atoms with Crippen LogP contribution in [0.4, 0.5) is 0 Å². The van der Waals surface area contributed by atoms with Gasteiger partial charge in [-0.15, -0.1) is 0 Å². The van der Waals surface area contributed by atoms with E-state index in [1.54, 1.807) is 46.9 Å². The molecule has 0 radical (unpaired) electrons. The molecule has 0 saturated heterocycles. The first-order chi connectivity index (χ1) is 14.4. The number of nitrogens with one attached hydrogen (secondary N) is 1. The number of aromatic carboxylic acids is 1. The molecule has 1 aromatic carbocycles. The standard InChI is InChI=1S/C21H21N5O4/c1-13(26-12-15(4-6-19(26)27)16-10-22-23-11-16)7-8-25-18-9-14(20(28)29)3-5-17(18)24(2)21(25)30/h3-6,9-13H,7-8H2,1-2H3,(H,22,23)(H,28,29). The van der Waals surface area contributed by atoms with Crippen molar-refractivity contribution in [1.82, 2.24) is 23.9 Å². The lowest BCUT2D eigenvalue weighted by atomic mass is 10.1. The number of hydrogen-bond acceptors (Lipinski definition) is 4.